The Hall–Kier alpha value is -1.45. The van der Waals surface area contributed by atoms with E-state index in [-0.39, 0.29) is 11.9 Å². The lowest BCUT2D eigenvalue weighted by molar-refractivity contribution is -0.130. The van der Waals surface area contributed by atoms with E-state index in [1.54, 1.807) is 0 Å². The van der Waals surface area contributed by atoms with Gasteiger partial charge in [0.05, 0.1) is 6.54 Å². The molecular weight excluding hydrogens is 319 g/mol. The summed E-state index contributed by atoms with van der Waals surface area (Å²) < 4.78 is 2.16. The first kappa shape index (κ1) is 15.4. The molecule has 3 nitrogen and oxygen atoms in total. The predicted octanol–water partition coefficient (Wildman–Crippen LogP) is 3.83. The Morgan fingerprint density at radius 3 is 2.55 bits per heavy atom. The lowest BCUT2D eigenvalue weighted by Crippen LogP contribution is -2.36. The molecule has 1 fully saturated rings. The van der Waals surface area contributed by atoms with E-state index < -0.39 is 4.84 Å². The first-order chi connectivity index (χ1) is 10.6. The highest BCUT2D eigenvalue weighted by molar-refractivity contribution is 6.53. The lowest BCUT2D eigenvalue weighted by atomic mass is 10.2. The molecule has 0 N–H and O–H groups in total. The highest BCUT2D eigenvalue weighted by Crippen LogP contribution is 2.30. The molecule has 1 aromatic heterocycles. The number of nitrogens with zero attached hydrogens (tertiary/aromatic N) is 2. The van der Waals surface area contributed by atoms with Crippen LogP contribution in [-0.2, 0) is 17.9 Å². The lowest BCUT2D eigenvalue weighted by Gasteiger charge is -2.24. The van der Waals surface area contributed by atoms with Crippen molar-refractivity contribution in [1.29, 1.82) is 0 Å². The van der Waals surface area contributed by atoms with Crippen LogP contribution in [0.4, 0.5) is 0 Å². The average molecular weight is 337 g/mol. The molecule has 2 aromatic rings. The van der Waals surface area contributed by atoms with Crippen LogP contribution in [0.25, 0.3) is 0 Å². The van der Waals surface area contributed by atoms with E-state index in [9.17, 15) is 4.79 Å². The van der Waals surface area contributed by atoms with Crippen LogP contribution in [0.3, 0.4) is 0 Å². The summed E-state index contributed by atoms with van der Waals surface area (Å²) >= 11 is 11.5. The maximum absolute atomic E-state index is 12.2. The minimum Gasteiger partial charge on any atom is -0.345 e. The van der Waals surface area contributed by atoms with E-state index >= 15 is 0 Å². The van der Waals surface area contributed by atoms with E-state index in [2.05, 4.69) is 16.7 Å². The van der Waals surface area contributed by atoms with E-state index in [1.165, 1.54) is 5.56 Å². The Labute approximate surface area is 140 Å². The van der Waals surface area contributed by atoms with E-state index in [4.69, 9.17) is 23.2 Å². The molecule has 116 valence electrons. The van der Waals surface area contributed by atoms with Crippen LogP contribution in [0.5, 0.6) is 0 Å². The quantitative estimate of drug-likeness (QED) is 0.736. The molecule has 1 aliphatic carbocycles. The molecule has 0 atom stereocenters. The zero-order valence-electron chi connectivity index (χ0n) is 12.2. The monoisotopic (exact) mass is 336 g/mol. The largest absolute Gasteiger partial charge is 0.345 e. The van der Waals surface area contributed by atoms with Gasteiger partial charge in [-0.2, -0.15) is 0 Å². The molecule has 0 bridgehead atoms. The number of aromatic nitrogens is 1. The molecule has 1 aliphatic rings. The molecule has 22 heavy (non-hydrogen) atoms. The minimum absolute atomic E-state index is 0.196. The van der Waals surface area contributed by atoms with Crippen LogP contribution in [0.1, 0.15) is 24.1 Å². The first-order valence-corrected chi connectivity index (χ1v) is 8.29. The molecular formula is C17H18Cl2N2O. The summed E-state index contributed by atoms with van der Waals surface area (Å²) in [7, 11) is 0. The van der Waals surface area contributed by atoms with Gasteiger partial charge >= 0.3 is 0 Å². The smallest absolute Gasteiger partial charge is 0.256 e. The summed E-state index contributed by atoms with van der Waals surface area (Å²) in [6.45, 7) is 1.35. The summed E-state index contributed by atoms with van der Waals surface area (Å²) in [5, 5.41) is 0. The van der Waals surface area contributed by atoms with Crippen molar-refractivity contribution in [2.24, 2.45) is 0 Å². The maximum Gasteiger partial charge on any atom is 0.256 e. The van der Waals surface area contributed by atoms with Crippen molar-refractivity contribution in [3.63, 3.8) is 0 Å². The average Bonchev–Trinajstić information content (AvgIpc) is 3.27. The van der Waals surface area contributed by atoms with Crippen molar-refractivity contribution in [2.45, 2.75) is 36.8 Å². The summed E-state index contributed by atoms with van der Waals surface area (Å²) in [5.74, 6) is -0.196. The predicted molar refractivity (Wildman–Crippen MR) is 89.0 cm³/mol. The molecule has 0 radical (unpaired) electrons. The fraction of sp³-hybridized carbons (Fsp3) is 0.353. The maximum atomic E-state index is 12.2. The second kappa shape index (κ2) is 6.76. The van der Waals surface area contributed by atoms with Crippen LogP contribution < -0.4 is 0 Å². The summed E-state index contributed by atoms with van der Waals surface area (Å²) in [6, 6.07) is 14.6. The van der Waals surface area contributed by atoms with Gasteiger partial charge in [0.2, 0.25) is 0 Å². The molecule has 0 unspecified atom stereocenters. The zero-order chi connectivity index (χ0) is 15.5. The van der Waals surface area contributed by atoms with Gasteiger partial charge in [0.1, 0.15) is 0 Å². The van der Waals surface area contributed by atoms with E-state index in [1.807, 2.05) is 41.4 Å². The van der Waals surface area contributed by atoms with Crippen molar-refractivity contribution >= 4 is 29.1 Å². The van der Waals surface area contributed by atoms with Crippen LogP contribution in [0.2, 0.25) is 0 Å². The summed E-state index contributed by atoms with van der Waals surface area (Å²) in [5.41, 5.74) is 2.33. The molecule has 0 spiro atoms. The number of carbonyl (C=O) groups excluding carboxylic acids is 1. The third kappa shape index (κ3) is 3.65. The summed E-state index contributed by atoms with van der Waals surface area (Å²) in [4.78, 5) is 13.0. The zero-order valence-corrected chi connectivity index (χ0v) is 13.7. The molecule has 1 amide bonds. The van der Waals surface area contributed by atoms with Gasteiger partial charge in [0.15, 0.2) is 4.84 Å². The van der Waals surface area contributed by atoms with Gasteiger partial charge in [0, 0.05) is 24.5 Å². The van der Waals surface area contributed by atoms with E-state index in [0.29, 0.717) is 6.54 Å². The molecule has 1 heterocycles. The van der Waals surface area contributed by atoms with Crippen molar-refractivity contribution in [3.05, 3.63) is 59.9 Å². The second-order valence-corrected chi connectivity index (χ2v) is 6.71. The Morgan fingerprint density at radius 2 is 1.91 bits per heavy atom. The van der Waals surface area contributed by atoms with E-state index in [0.717, 1.165) is 25.1 Å². The van der Waals surface area contributed by atoms with Crippen molar-refractivity contribution in [1.82, 2.24) is 9.47 Å². The van der Waals surface area contributed by atoms with Crippen LogP contribution in [0.15, 0.2) is 48.7 Å². The van der Waals surface area contributed by atoms with Gasteiger partial charge in [-0.1, -0.05) is 53.5 Å². The van der Waals surface area contributed by atoms with Gasteiger partial charge < -0.3 is 9.47 Å². The number of benzene rings is 1. The van der Waals surface area contributed by atoms with Crippen molar-refractivity contribution in [2.75, 3.05) is 0 Å². The molecule has 3 rings (SSSR count). The second-order valence-electron chi connectivity index (χ2n) is 5.61. The van der Waals surface area contributed by atoms with Gasteiger partial charge in [-0.3, -0.25) is 4.79 Å². The Kier molecular flexibility index (Phi) is 4.74. The topological polar surface area (TPSA) is 25.2 Å². The van der Waals surface area contributed by atoms with Crippen molar-refractivity contribution < 1.29 is 4.79 Å². The number of rotatable bonds is 6. The summed E-state index contributed by atoms with van der Waals surface area (Å²) in [6.07, 6.45) is 4.11. The molecule has 1 aromatic carbocycles. The van der Waals surface area contributed by atoms with Gasteiger partial charge in [-0.15, -0.1) is 0 Å². The third-order valence-corrected chi connectivity index (χ3v) is 4.28. The highest BCUT2D eigenvalue weighted by Gasteiger charge is 2.35. The number of hydrogen-bond donors (Lipinski definition) is 0. The Bertz CT molecular complexity index is 635. The SMILES string of the molecule is O=C(C(Cl)Cl)N(Cc1cccn1Cc1ccccc1)C1CC1. The number of hydrogen-bond acceptors (Lipinski definition) is 1. The van der Waals surface area contributed by atoms with Crippen LogP contribution in [-0.4, -0.2) is 26.3 Å². The van der Waals surface area contributed by atoms with Crippen LogP contribution in [0, 0.1) is 0 Å². The number of halogens is 2. The van der Waals surface area contributed by atoms with Gasteiger partial charge in [-0.05, 0) is 30.5 Å². The number of carbonyl (C=O) groups is 1. The fourth-order valence-corrected chi connectivity index (χ4v) is 2.85. The minimum atomic E-state index is -0.988. The Morgan fingerprint density at radius 1 is 1.18 bits per heavy atom. The molecule has 1 saturated carbocycles. The first-order valence-electron chi connectivity index (χ1n) is 7.41. The standard InChI is InChI=1S/C17H18Cl2N2O/c18-16(19)17(22)21(14-8-9-14)12-15-7-4-10-20(15)11-13-5-2-1-3-6-13/h1-7,10,14,16H,8-9,11-12H2. The number of amides is 1. The van der Waals surface area contributed by atoms with Gasteiger partial charge in [0.25, 0.3) is 5.91 Å². The normalized spacial score (nSPS) is 14.3. The Balaban J connectivity index is 1.75. The highest BCUT2D eigenvalue weighted by atomic mass is 35.5. The molecule has 0 saturated heterocycles. The van der Waals surface area contributed by atoms with Crippen molar-refractivity contribution in [3.8, 4) is 0 Å². The number of alkyl halides is 2. The van der Waals surface area contributed by atoms with Crippen LogP contribution >= 0.6 is 23.2 Å². The molecule has 0 aliphatic heterocycles. The van der Waals surface area contributed by atoms with Gasteiger partial charge in [-0.25, -0.2) is 0 Å². The third-order valence-electron chi connectivity index (χ3n) is 3.91. The fourth-order valence-electron chi connectivity index (χ4n) is 2.60. The molecule has 5 heteroatoms.